The molecule has 0 saturated carbocycles. The van der Waals surface area contributed by atoms with E-state index in [0.29, 0.717) is 23.9 Å². The number of rotatable bonds is 60. The van der Waals surface area contributed by atoms with Gasteiger partial charge in [0, 0.05) is 12.8 Å². The second-order valence-corrected chi connectivity index (χ2v) is 24.6. The van der Waals surface area contributed by atoms with Gasteiger partial charge in [0.1, 0.15) is 19.8 Å². The van der Waals surface area contributed by atoms with Crippen LogP contribution in [0.25, 0.3) is 0 Å². The fourth-order valence-electron chi connectivity index (χ4n) is 9.17. The molecule has 0 aliphatic rings. The lowest BCUT2D eigenvalue weighted by molar-refractivity contribution is -0.870. The highest BCUT2D eigenvalue weighted by Crippen LogP contribution is 2.43. The molecule has 0 radical (unpaired) electrons. The lowest BCUT2D eigenvalue weighted by Crippen LogP contribution is -2.37. The van der Waals surface area contributed by atoms with Gasteiger partial charge in [0.25, 0.3) is 0 Å². The van der Waals surface area contributed by atoms with Crippen LogP contribution in [-0.4, -0.2) is 74.9 Å². The van der Waals surface area contributed by atoms with Crippen LogP contribution >= 0.6 is 7.82 Å². The molecule has 0 spiro atoms. The number of carbonyl (C=O) groups excluding carboxylic acids is 2. The lowest BCUT2D eigenvalue weighted by atomic mass is 10.0. The van der Waals surface area contributed by atoms with Crippen molar-refractivity contribution in [3.63, 3.8) is 0 Å². The number of hydrogen-bond acceptors (Lipinski definition) is 7. The molecule has 9 nitrogen and oxygen atoms in total. The fourth-order valence-corrected chi connectivity index (χ4v) is 9.92. The first-order valence-corrected chi connectivity index (χ1v) is 34.3. The normalized spacial score (nSPS) is 13.7. The number of nitrogens with zero attached hydrogens (tertiary/aromatic N) is 1. The summed E-state index contributed by atoms with van der Waals surface area (Å²) >= 11 is 0. The van der Waals surface area contributed by atoms with Crippen molar-refractivity contribution in [2.24, 2.45) is 0 Å². The molecule has 0 bridgehead atoms. The maximum Gasteiger partial charge on any atom is 0.472 e. The van der Waals surface area contributed by atoms with Gasteiger partial charge in [-0.2, -0.15) is 0 Å². The van der Waals surface area contributed by atoms with Crippen molar-refractivity contribution in [3.8, 4) is 0 Å². The average Bonchev–Trinajstić information content (AvgIpc) is 3.41. The van der Waals surface area contributed by atoms with E-state index in [0.717, 1.165) is 83.5 Å². The van der Waals surface area contributed by atoms with Crippen LogP contribution in [-0.2, 0) is 32.7 Å². The smallest absolute Gasteiger partial charge is 0.462 e. The second kappa shape index (κ2) is 59.8. The Morgan fingerprint density at radius 2 is 0.722 bits per heavy atom. The van der Waals surface area contributed by atoms with Crippen molar-refractivity contribution in [2.45, 2.75) is 296 Å². The van der Waals surface area contributed by atoms with Crippen molar-refractivity contribution >= 4 is 19.8 Å². The number of carbonyl (C=O) groups is 2. The predicted molar refractivity (Wildman–Crippen MR) is 339 cm³/mol. The number of ether oxygens (including phenoxy) is 2. The monoisotopic (exact) mass is 1130 g/mol. The van der Waals surface area contributed by atoms with Crippen LogP contribution in [0.5, 0.6) is 0 Å². The molecule has 458 valence electrons. The van der Waals surface area contributed by atoms with Gasteiger partial charge in [-0.1, -0.05) is 292 Å². The van der Waals surface area contributed by atoms with Crippen LogP contribution in [0.3, 0.4) is 0 Å². The van der Waals surface area contributed by atoms with Gasteiger partial charge in [0.15, 0.2) is 6.10 Å². The number of unbranched alkanes of at least 4 members (excludes halogenated alkanes) is 32. The molecule has 0 fully saturated rings. The summed E-state index contributed by atoms with van der Waals surface area (Å²) in [6, 6.07) is 0. The zero-order chi connectivity index (χ0) is 57.7. The Labute approximate surface area is 488 Å². The van der Waals surface area contributed by atoms with Gasteiger partial charge in [0.2, 0.25) is 0 Å². The number of allylic oxidation sites excluding steroid dienone is 14. The highest BCUT2D eigenvalue weighted by Gasteiger charge is 2.27. The predicted octanol–water partition coefficient (Wildman–Crippen LogP) is 21.0. The first-order valence-electron chi connectivity index (χ1n) is 32.8. The molecule has 10 heteroatoms. The van der Waals surface area contributed by atoms with Crippen molar-refractivity contribution in [1.82, 2.24) is 0 Å². The Balaban J connectivity index is 4.06. The van der Waals surface area contributed by atoms with Crippen LogP contribution in [0.4, 0.5) is 0 Å². The van der Waals surface area contributed by atoms with Crippen LogP contribution < -0.4 is 0 Å². The highest BCUT2D eigenvalue weighted by atomic mass is 31.2. The summed E-state index contributed by atoms with van der Waals surface area (Å²) in [7, 11) is 1.48. The van der Waals surface area contributed by atoms with Gasteiger partial charge in [-0.05, 0) is 70.6 Å². The van der Waals surface area contributed by atoms with E-state index < -0.39 is 26.5 Å². The number of hydrogen-bond donors (Lipinski definition) is 1. The number of quaternary nitrogens is 1. The van der Waals surface area contributed by atoms with E-state index >= 15 is 0 Å². The maximum absolute atomic E-state index is 12.9. The number of phosphoric ester groups is 1. The number of esters is 2. The summed E-state index contributed by atoms with van der Waals surface area (Å²) in [5.74, 6) is -0.788. The summed E-state index contributed by atoms with van der Waals surface area (Å²) in [4.78, 5) is 35.8. The van der Waals surface area contributed by atoms with Gasteiger partial charge in [-0.3, -0.25) is 18.6 Å². The molecule has 0 aliphatic heterocycles. The minimum atomic E-state index is -4.39. The Morgan fingerprint density at radius 3 is 1.08 bits per heavy atom. The molecule has 0 aliphatic carbocycles. The molecule has 0 rings (SSSR count). The van der Waals surface area contributed by atoms with Crippen LogP contribution in [0, 0.1) is 0 Å². The van der Waals surface area contributed by atoms with Crippen LogP contribution in [0.15, 0.2) is 85.1 Å². The van der Waals surface area contributed by atoms with Crippen molar-refractivity contribution < 1.29 is 42.1 Å². The summed E-state index contributed by atoms with van der Waals surface area (Å²) in [6.07, 6.45) is 81.0. The summed E-state index contributed by atoms with van der Waals surface area (Å²) in [5, 5.41) is 0. The molecular weight excluding hydrogens is 1000 g/mol. The standard InChI is InChI=1S/C69H124NO8P/c1-6-8-10-12-14-16-18-20-22-24-26-28-29-30-31-32-33-34-35-36-37-38-39-40-41-42-44-46-48-50-52-54-56-58-60-62-69(72)78-67(66-77-79(73,74)76-64-63-70(3,4)5)65-75-68(71)61-59-57-55-53-51-49-47-45-43-27-25-23-21-19-17-15-13-11-9-7-2/h8,10,14,16,20,22,26,28,30-31,33-34,36-37,67H,6-7,9,11-13,15,17-19,21,23-25,27,29,32,35,38-66H2,1-5H3/p+1/b10-8-,16-14-,22-20-,28-26-,31-30-,34-33-,37-36-. The van der Waals surface area contributed by atoms with Gasteiger partial charge >= 0.3 is 19.8 Å². The van der Waals surface area contributed by atoms with Crippen molar-refractivity contribution in [2.75, 3.05) is 47.5 Å². The lowest BCUT2D eigenvalue weighted by Gasteiger charge is -2.24. The Kier molecular flexibility index (Phi) is 57.7. The Hall–Kier alpha value is -2.81. The fraction of sp³-hybridized carbons (Fsp3) is 0.768. The minimum Gasteiger partial charge on any atom is -0.462 e. The topological polar surface area (TPSA) is 108 Å². The molecule has 0 aromatic rings. The summed E-state index contributed by atoms with van der Waals surface area (Å²) < 4.78 is 34.7. The molecule has 79 heavy (non-hydrogen) atoms. The van der Waals surface area contributed by atoms with E-state index in [4.69, 9.17) is 18.5 Å². The van der Waals surface area contributed by atoms with E-state index in [1.165, 1.54) is 173 Å². The molecule has 2 unspecified atom stereocenters. The third-order valence-corrected chi connectivity index (χ3v) is 15.2. The highest BCUT2D eigenvalue weighted by molar-refractivity contribution is 7.47. The van der Waals surface area contributed by atoms with E-state index in [1.807, 2.05) is 21.1 Å². The van der Waals surface area contributed by atoms with Crippen molar-refractivity contribution in [1.29, 1.82) is 0 Å². The summed E-state index contributed by atoms with van der Waals surface area (Å²) in [5.41, 5.74) is 0. The van der Waals surface area contributed by atoms with Crippen LogP contribution in [0.2, 0.25) is 0 Å². The van der Waals surface area contributed by atoms with E-state index in [-0.39, 0.29) is 25.6 Å². The first kappa shape index (κ1) is 76.2. The van der Waals surface area contributed by atoms with E-state index in [9.17, 15) is 19.0 Å². The summed E-state index contributed by atoms with van der Waals surface area (Å²) in [6.45, 7) is 4.36. The maximum atomic E-state index is 12.9. The minimum absolute atomic E-state index is 0.0307. The first-order chi connectivity index (χ1) is 38.5. The van der Waals surface area contributed by atoms with Gasteiger partial charge in [-0.15, -0.1) is 0 Å². The molecule has 0 amide bonds. The third-order valence-electron chi connectivity index (χ3n) is 14.2. The Morgan fingerprint density at radius 1 is 0.405 bits per heavy atom. The molecule has 0 saturated heterocycles. The van der Waals surface area contributed by atoms with Gasteiger partial charge < -0.3 is 18.9 Å². The molecule has 2 atom stereocenters. The van der Waals surface area contributed by atoms with Crippen molar-refractivity contribution in [3.05, 3.63) is 85.1 Å². The second-order valence-electron chi connectivity index (χ2n) is 23.1. The average molecular weight is 1130 g/mol. The number of likely N-dealkylation sites (N-methyl/N-ethyl adjacent to an activating group) is 1. The zero-order valence-electron chi connectivity index (χ0n) is 52.1. The molecule has 0 aromatic carbocycles. The van der Waals surface area contributed by atoms with Crippen LogP contribution in [0.1, 0.15) is 290 Å². The quantitative estimate of drug-likeness (QED) is 0.0211. The molecule has 0 aromatic heterocycles. The third kappa shape index (κ3) is 64.2. The Bertz CT molecular complexity index is 1610. The molecule has 0 heterocycles. The van der Waals surface area contributed by atoms with Gasteiger partial charge in [0.05, 0.1) is 27.7 Å². The zero-order valence-corrected chi connectivity index (χ0v) is 53.0. The number of phosphoric acid groups is 1. The largest absolute Gasteiger partial charge is 0.472 e. The molecular formula is C69H125NO8P+. The molecule has 1 N–H and O–H groups in total. The van der Waals surface area contributed by atoms with E-state index in [1.54, 1.807) is 0 Å². The van der Waals surface area contributed by atoms with E-state index in [2.05, 4.69) is 98.9 Å². The van der Waals surface area contributed by atoms with Gasteiger partial charge in [-0.25, -0.2) is 4.57 Å². The SMILES string of the molecule is CC/C=C\C/C=C\C/C=C\C/C=C\C/C=C\C/C=C\C/C=C\CCCCCCCCCCCCCCCC(=O)OC(COC(=O)CCCCCCCCCCCCCCCCCCCCCC)COP(=O)(O)OCC[N+](C)(C)C.